The lowest BCUT2D eigenvalue weighted by Crippen LogP contribution is -2.33. The standard InChI is InChI=1S/C17H28N4O.HI/c1-13-4-5-15(12-14(13)2)20-17(18)19-8-9-21(10-11-22-3)16-6-7-16;/h4-5,12,16H,6-11H2,1-3H3,(H3,18,19,20);1H. The van der Waals surface area contributed by atoms with Crippen molar-refractivity contribution >= 4 is 35.6 Å². The number of benzene rings is 1. The van der Waals surface area contributed by atoms with Crippen molar-refractivity contribution in [2.75, 3.05) is 38.7 Å². The minimum absolute atomic E-state index is 0. The molecule has 1 fully saturated rings. The van der Waals surface area contributed by atoms with Crippen LogP contribution in [-0.4, -0.2) is 50.3 Å². The molecular weight excluding hydrogens is 403 g/mol. The predicted molar refractivity (Wildman–Crippen MR) is 108 cm³/mol. The minimum atomic E-state index is 0. The third-order valence-corrected chi connectivity index (χ3v) is 4.09. The number of nitrogens with zero attached hydrogens (tertiary/aromatic N) is 2. The molecule has 0 aromatic heterocycles. The Kier molecular flexibility index (Phi) is 8.86. The van der Waals surface area contributed by atoms with E-state index in [1.54, 1.807) is 7.11 Å². The Bertz CT molecular complexity index is 517. The van der Waals surface area contributed by atoms with Crippen molar-refractivity contribution in [3.05, 3.63) is 29.3 Å². The van der Waals surface area contributed by atoms with Crippen LogP contribution in [0.1, 0.15) is 24.0 Å². The highest BCUT2D eigenvalue weighted by Gasteiger charge is 2.27. The van der Waals surface area contributed by atoms with Crippen LogP contribution in [0, 0.1) is 13.8 Å². The van der Waals surface area contributed by atoms with Gasteiger partial charge < -0.3 is 15.8 Å². The summed E-state index contributed by atoms with van der Waals surface area (Å²) in [5.41, 5.74) is 9.48. The highest BCUT2D eigenvalue weighted by molar-refractivity contribution is 14.0. The van der Waals surface area contributed by atoms with Crippen molar-refractivity contribution in [2.45, 2.75) is 32.7 Å². The zero-order valence-electron chi connectivity index (χ0n) is 14.3. The van der Waals surface area contributed by atoms with Crippen LogP contribution in [0.5, 0.6) is 0 Å². The number of ether oxygens (including phenoxy) is 1. The molecule has 130 valence electrons. The quantitative estimate of drug-likeness (QED) is 0.377. The summed E-state index contributed by atoms with van der Waals surface area (Å²) in [6.45, 7) is 7.59. The van der Waals surface area contributed by atoms with E-state index in [1.807, 2.05) is 6.07 Å². The Morgan fingerprint density at radius 2 is 2.04 bits per heavy atom. The molecule has 5 nitrogen and oxygen atoms in total. The molecule has 0 heterocycles. The first kappa shape index (κ1) is 20.2. The van der Waals surface area contributed by atoms with Gasteiger partial charge in [0.2, 0.25) is 0 Å². The minimum Gasteiger partial charge on any atom is -0.383 e. The van der Waals surface area contributed by atoms with Gasteiger partial charge in [0.05, 0.1) is 13.2 Å². The van der Waals surface area contributed by atoms with Gasteiger partial charge in [-0.25, -0.2) is 0 Å². The number of methoxy groups -OCH3 is 1. The average Bonchev–Trinajstić information content (AvgIpc) is 3.31. The molecule has 2 rings (SSSR count). The third kappa shape index (κ3) is 7.05. The molecule has 0 aliphatic heterocycles. The van der Waals surface area contributed by atoms with Gasteiger partial charge in [-0.2, -0.15) is 0 Å². The van der Waals surface area contributed by atoms with Gasteiger partial charge >= 0.3 is 0 Å². The van der Waals surface area contributed by atoms with E-state index in [-0.39, 0.29) is 24.0 Å². The second kappa shape index (κ2) is 10.1. The van der Waals surface area contributed by atoms with E-state index in [0.29, 0.717) is 12.5 Å². The van der Waals surface area contributed by atoms with Crippen molar-refractivity contribution in [3.63, 3.8) is 0 Å². The van der Waals surface area contributed by atoms with E-state index in [2.05, 4.69) is 41.2 Å². The van der Waals surface area contributed by atoms with Gasteiger partial charge in [-0.15, -0.1) is 24.0 Å². The molecule has 0 unspecified atom stereocenters. The van der Waals surface area contributed by atoms with Crippen LogP contribution >= 0.6 is 24.0 Å². The molecule has 1 aliphatic carbocycles. The summed E-state index contributed by atoms with van der Waals surface area (Å²) >= 11 is 0. The van der Waals surface area contributed by atoms with E-state index in [1.165, 1.54) is 24.0 Å². The van der Waals surface area contributed by atoms with Crippen LogP contribution in [0.15, 0.2) is 23.2 Å². The number of nitrogens with two attached hydrogens (primary N) is 1. The van der Waals surface area contributed by atoms with E-state index in [4.69, 9.17) is 10.5 Å². The molecule has 1 saturated carbocycles. The fourth-order valence-corrected chi connectivity index (χ4v) is 2.43. The van der Waals surface area contributed by atoms with Crippen molar-refractivity contribution < 1.29 is 4.74 Å². The first-order chi connectivity index (χ1) is 10.6. The fraction of sp³-hybridized carbons (Fsp3) is 0.588. The van der Waals surface area contributed by atoms with Crippen molar-refractivity contribution in [1.82, 2.24) is 4.90 Å². The van der Waals surface area contributed by atoms with Crippen molar-refractivity contribution in [1.29, 1.82) is 0 Å². The molecule has 0 radical (unpaired) electrons. The van der Waals surface area contributed by atoms with Gasteiger partial charge in [0, 0.05) is 31.9 Å². The fourth-order valence-electron chi connectivity index (χ4n) is 2.43. The lowest BCUT2D eigenvalue weighted by atomic mass is 10.1. The van der Waals surface area contributed by atoms with E-state index < -0.39 is 0 Å². The maximum absolute atomic E-state index is 5.97. The number of hydrogen-bond donors (Lipinski definition) is 2. The summed E-state index contributed by atoms with van der Waals surface area (Å²) in [5.74, 6) is 0.478. The smallest absolute Gasteiger partial charge is 0.193 e. The summed E-state index contributed by atoms with van der Waals surface area (Å²) in [4.78, 5) is 6.87. The number of rotatable bonds is 8. The molecule has 0 amide bonds. The number of aliphatic imine (C=N–C) groups is 1. The van der Waals surface area contributed by atoms with Gasteiger partial charge in [0.1, 0.15) is 0 Å². The molecule has 0 atom stereocenters. The molecular formula is C17H29IN4O. The average molecular weight is 432 g/mol. The van der Waals surface area contributed by atoms with Gasteiger partial charge in [-0.3, -0.25) is 9.89 Å². The Labute approximate surface area is 156 Å². The van der Waals surface area contributed by atoms with Crippen molar-refractivity contribution in [3.8, 4) is 0 Å². The molecule has 3 N–H and O–H groups in total. The summed E-state index contributed by atoms with van der Waals surface area (Å²) < 4.78 is 5.16. The summed E-state index contributed by atoms with van der Waals surface area (Å²) in [7, 11) is 1.74. The second-order valence-corrected chi connectivity index (χ2v) is 5.95. The van der Waals surface area contributed by atoms with Gasteiger partial charge in [-0.1, -0.05) is 6.07 Å². The zero-order chi connectivity index (χ0) is 15.9. The van der Waals surface area contributed by atoms with Crippen molar-refractivity contribution in [2.24, 2.45) is 10.7 Å². The normalized spacial score (nSPS) is 14.7. The Morgan fingerprint density at radius 1 is 1.30 bits per heavy atom. The lowest BCUT2D eigenvalue weighted by Gasteiger charge is -2.20. The zero-order valence-corrected chi connectivity index (χ0v) is 16.7. The number of guanidine groups is 1. The molecule has 0 bridgehead atoms. The molecule has 6 heteroatoms. The Balaban J connectivity index is 0.00000264. The summed E-state index contributed by atoms with van der Waals surface area (Å²) in [6.07, 6.45) is 2.59. The van der Waals surface area contributed by atoms with Gasteiger partial charge in [-0.05, 0) is 49.9 Å². The molecule has 1 aliphatic rings. The van der Waals surface area contributed by atoms with Crippen LogP contribution in [0.4, 0.5) is 5.69 Å². The molecule has 1 aromatic carbocycles. The highest BCUT2D eigenvalue weighted by Crippen LogP contribution is 2.26. The third-order valence-electron chi connectivity index (χ3n) is 4.09. The number of nitrogens with one attached hydrogen (secondary N) is 1. The van der Waals surface area contributed by atoms with Crippen LogP contribution in [0.25, 0.3) is 0 Å². The van der Waals surface area contributed by atoms with Crippen LogP contribution in [0.3, 0.4) is 0 Å². The topological polar surface area (TPSA) is 62.9 Å². The van der Waals surface area contributed by atoms with Gasteiger partial charge in [0.15, 0.2) is 5.96 Å². The predicted octanol–water partition coefficient (Wildman–Crippen LogP) is 2.76. The summed E-state index contributed by atoms with van der Waals surface area (Å²) in [5, 5.41) is 3.16. The van der Waals surface area contributed by atoms with E-state index in [0.717, 1.165) is 31.4 Å². The Hall–Kier alpha value is -0.860. The van der Waals surface area contributed by atoms with E-state index in [9.17, 15) is 0 Å². The lowest BCUT2D eigenvalue weighted by molar-refractivity contribution is 0.145. The van der Waals surface area contributed by atoms with Crippen LogP contribution < -0.4 is 11.1 Å². The molecule has 1 aromatic rings. The largest absolute Gasteiger partial charge is 0.383 e. The Morgan fingerprint density at radius 3 is 2.65 bits per heavy atom. The van der Waals surface area contributed by atoms with E-state index >= 15 is 0 Å². The number of aryl methyl sites for hydroxylation is 2. The number of anilines is 1. The first-order valence-electron chi connectivity index (χ1n) is 7.97. The number of hydrogen-bond acceptors (Lipinski definition) is 3. The van der Waals surface area contributed by atoms with Crippen LogP contribution in [-0.2, 0) is 4.74 Å². The van der Waals surface area contributed by atoms with Gasteiger partial charge in [0.25, 0.3) is 0 Å². The molecule has 0 saturated heterocycles. The second-order valence-electron chi connectivity index (χ2n) is 5.95. The molecule has 0 spiro atoms. The summed E-state index contributed by atoms with van der Waals surface area (Å²) in [6, 6.07) is 6.93. The monoisotopic (exact) mass is 432 g/mol. The maximum atomic E-state index is 5.97. The van der Waals surface area contributed by atoms with Crippen LogP contribution in [0.2, 0.25) is 0 Å². The SMILES string of the molecule is COCCN(CCN=C(N)Nc1ccc(C)c(C)c1)C1CC1.I. The first-order valence-corrected chi connectivity index (χ1v) is 7.97. The molecule has 23 heavy (non-hydrogen) atoms. The number of halogens is 1. The highest BCUT2D eigenvalue weighted by atomic mass is 127. The maximum Gasteiger partial charge on any atom is 0.193 e.